The average molecular weight is 283 g/mol. The van der Waals surface area contributed by atoms with E-state index in [1.54, 1.807) is 0 Å². The molecule has 1 heteroatoms. The van der Waals surface area contributed by atoms with Crippen LogP contribution in [0.4, 0.5) is 0 Å². The van der Waals surface area contributed by atoms with Crippen molar-refractivity contribution in [2.24, 2.45) is 0 Å². The van der Waals surface area contributed by atoms with Crippen molar-refractivity contribution in [1.29, 1.82) is 0 Å². The minimum atomic E-state index is 0.958. The Hall–Kier alpha value is -0.300. The molecule has 0 aliphatic heterocycles. The van der Waals surface area contributed by atoms with Gasteiger partial charge in [-0.05, 0) is 38.5 Å². The van der Waals surface area contributed by atoms with Crippen molar-refractivity contribution in [3.8, 4) is 0 Å². The molecule has 0 heterocycles. The molecule has 0 bridgehead atoms. The molecule has 0 radical (unpaired) electrons. The van der Waals surface area contributed by atoms with E-state index in [2.05, 4.69) is 26.0 Å². The molecule has 0 aromatic carbocycles. The standard InChI is InChI=1S/C19H38O/c1-3-5-7-8-9-10-11-12-13-14-15-16-17-19-20-18-6-4-2/h10-11H,3-9,12-19H2,1-2H3/b11-10-. The van der Waals surface area contributed by atoms with Gasteiger partial charge in [-0.25, -0.2) is 0 Å². The number of rotatable bonds is 16. The van der Waals surface area contributed by atoms with Crippen LogP contribution in [-0.2, 0) is 4.74 Å². The summed E-state index contributed by atoms with van der Waals surface area (Å²) >= 11 is 0. The molecule has 0 aliphatic carbocycles. The molecule has 0 saturated carbocycles. The molecule has 0 N–H and O–H groups in total. The van der Waals surface area contributed by atoms with Crippen LogP contribution in [0, 0.1) is 0 Å². The molecule has 1 nitrogen and oxygen atoms in total. The maximum Gasteiger partial charge on any atom is 0.0466 e. The molecule has 0 spiro atoms. The number of hydrogen-bond donors (Lipinski definition) is 0. The quantitative estimate of drug-likeness (QED) is 0.227. The average Bonchev–Trinajstić information content (AvgIpc) is 2.47. The maximum absolute atomic E-state index is 5.56. The second-order valence-electron chi connectivity index (χ2n) is 5.84. The van der Waals surface area contributed by atoms with Crippen LogP contribution in [0.25, 0.3) is 0 Å². The number of hydrogen-bond acceptors (Lipinski definition) is 1. The number of ether oxygens (including phenoxy) is 1. The fourth-order valence-corrected chi connectivity index (χ4v) is 2.27. The van der Waals surface area contributed by atoms with Crippen LogP contribution >= 0.6 is 0 Å². The molecule has 0 aromatic heterocycles. The number of allylic oxidation sites excluding steroid dienone is 2. The monoisotopic (exact) mass is 282 g/mol. The molecule has 0 atom stereocenters. The summed E-state index contributed by atoms with van der Waals surface area (Å²) < 4.78 is 5.56. The first kappa shape index (κ1) is 19.7. The zero-order chi connectivity index (χ0) is 14.7. The Bertz CT molecular complexity index is 186. The Morgan fingerprint density at radius 3 is 1.70 bits per heavy atom. The van der Waals surface area contributed by atoms with Crippen molar-refractivity contribution in [2.75, 3.05) is 13.2 Å². The van der Waals surface area contributed by atoms with Gasteiger partial charge in [0, 0.05) is 13.2 Å². The van der Waals surface area contributed by atoms with Gasteiger partial charge in [0.05, 0.1) is 0 Å². The first-order valence-corrected chi connectivity index (χ1v) is 9.14. The van der Waals surface area contributed by atoms with Crippen molar-refractivity contribution in [2.45, 2.75) is 97.3 Å². The van der Waals surface area contributed by atoms with E-state index in [1.165, 1.54) is 83.5 Å². The Kier molecular flexibility index (Phi) is 18.4. The van der Waals surface area contributed by atoms with Gasteiger partial charge in [0.2, 0.25) is 0 Å². The van der Waals surface area contributed by atoms with Gasteiger partial charge in [-0.3, -0.25) is 0 Å². The molecule has 0 fully saturated rings. The lowest BCUT2D eigenvalue weighted by molar-refractivity contribution is 0.127. The van der Waals surface area contributed by atoms with Crippen LogP contribution in [0.1, 0.15) is 97.3 Å². The van der Waals surface area contributed by atoms with Gasteiger partial charge >= 0.3 is 0 Å². The van der Waals surface area contributed by atoms with Crippen molar-refractivity contribution >= 4 is 0 Å². The summed E-state index contributed by atoms with van der Waals surface area (Å²) in [6.07, 6.45) is 22.0. The predicted octanol–water partition coefficient (Wildman–Crippen LogP) is 6.67. The normalized spacial score (nSPS) is 11.5. The first-order valence-electron chi connectivity index (χ1n) is 9.14. The minimum Gasteiger partial charge on any atom is -0.381 e. The van der Waals surface area contributed by atoms with Gasteiger partial charge < -0.3 is 4.74 Å². The Morgan fingerprint density at radius 2 is 1.05 bits per heavy atom. The van der Waals surface area contributed by atoms with Gasteiger partial charge in [0.1, 0.15) is 0 Å². The van der Waals surface area contributed by atoms with Crippen molar-refractivity contribution in [3.63, 3.8) is 0 Å². The molecule has 0 aliphatic rings. The minimum absolute atomic E-state index is 0.958. The van der Waals surface area contributed by atoms with Crippen molar-refractivity contribution in [3.05, 3.63) is 12.2 Å². The van der Waals surface area contributed by atoms with E-state index in [0.717, 1.165) is 13.2 Å². The third kappa shape index (κ3) is 17.7. The van der Waals surface area contributed by atoms with Crippen LogP contribution < -0.4 is 0 Å². The topological polar surface area (TPSA) is 9.23 Å². The van der Waals surface area contributed by atoms with Crippen LogP contribution in [-0.4, -0.2) is 13.2 Å². The highest BCUT2D eigenvalue weighted by Gasteiger charge is 1.91. The van der Waals surface area contributed by atoms with Gasteiger partial charge in [0.15, 0.2) is 0 Å². The third-order valence-corrected chi connectivity index (χ3v) is 3.69. The van der Waals surface area contributed by atoms with Crippen LogP contribution in [0.15, 0.2) is 12.2 Å². The maximum atomic E-state index is 5.56. The zero-order valence-corrected chi connectivity index (χ0v) is 14.2. The lowest BCUT2D eigenvalue weighted by atomic mass is 10.1. The largest absolute Gasteiger partial charge is 0.381 e. The van der Waals surface area contributed by atoms with Crippen LogP contribution in [0.3, 0.4) is 0 Å². The van der Waals surface area contributed by atoms with E-state index in [4.69, 9.17) is 4.74 Å². The fourth-order valence-electron chi connectivity index (χ4n) is 2.27. The van der Waals surface area contributed by atoms with Crippen LogP contribution in [0.2, 0.25) is 0 Å². The molecule has 0 amide bonds. The smallest absolute Gasteiger partial charge is 0.0466 e. The summed E-state index contributed by atoms with van der Waals surface area (Å²) in [5.41, 5.74) is 0. The summed E-state index contributed by atoms with van der Waals surface area (Å²) in [7, 11) is 0. The highest BCUT2D eigenvalue weighted by molar-refractivity contribution is 4.81. The highest BCUT2D eigenvalue weighted by Crippen LogP contribution is 2.08. The first-order chi connectivity index (χ1) is 9.91. The molecular formula is C19H38O. The third-order valence-electron chi connectivity index (χ3n) is 3.69. The van der Waals surface area contributed by atoms with Crippen molar-refractivity contribution in [1.82, 2.24) is 0 Å². The summed E-state index contributed by atoms with van der Waals surface area (Å²) in [6, 6.07) is 0. The Balaban J connectivity index is 3.00. The SMILES string of the molecule is CCCCCC/C=C\CCCCCCCOCCCC. The van der Waals surface area contributed by atoms with Crippen molar-refractivity contribution < 1.29 is 4.74 Å². The molecule has 0 aromatic rings. The predicted molar refractivity (Wildman–Crippen MR) is 91.3 cm³/mol. The van der Waals surface area contributed by atoms with E-state index in [9.17, 15) is 0 Å². The number of unbranched alkanes of at least 4 members (excludes halogenated alkanes) is 10. The Labute approximate surface area is 128 Å². The zero-order valence-electron chi connectivity index (χ0n) is 14.2. The summed E-state index contributed by atoms with van der Waals surface area (Å²) in [4.78, 5) is 0. The summed E-state index contributed by atoms with van der Waals surface area (Å²) in [6.45, 7) is 6.41. The van der Waals surface area contributed by atoms with Gasteiger partial charge in [-0.15, -0.1) is 0 Å². The van der Waals surface area contributed by atoms with E-state index in [1.807, 2.05) is 0 Å². The highest BCUT2D eigenvalue weighted by atomic mass is 16.5. The lowest BCUT2D eigenvalue weighted by Crippen LogP contribution is -1.96. The summed E-state index contributed by atoms with van der Waals surface area (Å²) in [5, 5.41) is 0. The lowest BCUT2D eigenvalue weighted by Gasteiger charge is -2.03. The molecular weight excluding hydrogens is 244 g/mol. The molecule has 0 unspecified atom stereocenters. The Morgan fingerprint density at radius 1 is 0.550 bits per heavy atom. The van der Waals surface area contributed by atoms with Crippen LogP contribution in [0.5, 0.6) is 0 Å². The van der Waals surface area contributed by atoms with Gasteiger partial charge in [-0.1, -0.05) is 70.9 Å². The molecule has 20 heavy (non-hydrogen) atoms. The second kappa shape index (κ2) is 18.7. The van der Waals surface area contributed by atoms with Gasteiger partial charge in [0.25, 0.3) is 0 Å². The van der Waals surface area contributed by atoms with E-state index in [-0.39, 0.29) is 0 Å². The molecule has 0 rings (SSSR count). The summed E-state index contributed by atoms with van der Waals surface area (Å²) in [5.74, 6) is 0. The van der Waals surface area contributed by atoms with E-state index in [0.29, 0.717) is 0 Å². The van der Waals surface area contributed by atoms with E-state index < -0.39 is 0 Å². The molecule has 0 saturated heterocycles. The second-order valence-corrected chi connectivity index (χ2v) is 5.84. The molecule has 120 valence electrons. The fraction of sp³-hybridized carbons (Fsp3) is 0.895. The van der Waals surface area contributed by atoms with E-state index >= 15 is 0 Å². The van der Waals surface area contributed by atoms with Gasteiger partial charge in [-0.2, -0.15) is 0 Å².